The number of benzene rings is 2. The van der Waals surface area contributed by atoms with Gasteiger partial charge in [-0.3, -0.25) is 10.1 Å². The quantitative estimate of drug-likeness (QED) is 0.458. The minimum atomic E-state index is -0.332. The summed E-state index contributed by atoms with van der Waals surface area (Å²) >= 11 is 5.15. The molecule has 3 N–H and O–H groups in total. The zero-order chi connectivity index (χ0) is 18.2. The topological polar surface area (TPSA) is 66.3 Å². The van der Waals surface area contributed by atoms with Gasteiger partial charge in [-0.25, -0.2) is 0 Å². The Hall–Kier alpha value is -3.38. The van der Waals surface area contributed by atoms with Gasteiger partial charge >= 0.3 is 0 Å². The third-order valence-corrected chi connectivity index (χ3v) is 3.59. The van der Waals surface area contributed by atoms with Gasteiger partial charge in [0.25, 0.3) is 0 Å². The summed E-state index contributed by atoms with van der Waals surface area (Å²) in [5.41, 5.74) is 2.75. The van der Waals surface area contributed by atoms with E-state index in [0.29, 0.717) is 5.76 Å². The maximum Gasteiger partial charge on any atom is 0.250 e. The molecule has 0 aliphatic heterocycles. The number of amides is 1. The van der Waals surface area contributed by atoms with Gasteiger partial charge in [-0.2, -0.15) is 0 Å². The molecule has 0 aliphatic rings. The van der Waals surface area contributed by atoms with Crippen LogP contribution >= 0.6 is 12.2 Å². The zero-order valence-electron chi connectivity index (χ0n) is 13.8. The van der Waals surface area contributed by atoms with Crippen molar-refractivity contribution in [2.75, 3.05) is 10.6 Å². The van der Waals surface area contributed by atoms with Crippen LogP contribution in [-0.4, -0.2) is 11.0 Å². The summed E-state index contributed by atoms with van der Waals surface area (Å²) in [4.78, 5) is 11.8. The molecule has 26 heavy (non-hydrogen) atoms. The van der Waals surface area contributed by atoms with Gasteiger partial charge in [0.1, 0.15) is 5.76 Å². The predicted molar refractivity (Wildman–Crippen MR) is 108 cm³/mol. The number of para-hydroxylation sites is 1. The maximum atomic E-state index is 11.8. The van der Waals surface area contributed by atoms with Gasteiger partial charge in [0.05, 0.1) is 6.26 Å². The van der Waals surface area contributed by atoms with Crippen LogP contribution in [0, 0.1) is 0 Å². The monoisotopic (exact) mass is 363 g/mol. The highest BCUT2D eigenvalue weighted by molar-refractivity contribution is 7.80. The Kier molecular flexibility index (Phi) is 5.80. The SMILES string of the molecule is O=C(/C=C/c1ccco1)NC(=S)Nc1ccc(Nc2ccccc2)cc1. The molecule has 0 atom stereocenters. The van der Waals surface area contributed by atoms with Crippen LogP contribution in [0.1, 0.15) is 5.76 Å². The van der Waals surface area contributed by atoms with Gasteiger partial charge in [0.2, 0.25) is 5.91 Å². The Labute approximate surface area is 156 Å². The highest BCUT2D eigenvalue weighted by atomic mass is 32.1. The summed E-state index contributed by atoms with van der Waals surface area (Å²) in [5, 5.41) is 9.08. The molecule has 0 spiro atoms. The number of thiocarbonyl (C=S) groups is 1. The molecule has 0 aliphatic carbocycles. The molecule has 6 heteroatoms. The van der Waals surface area contributed by atoms with Crippen LogP contribution in [0.2, 0.25) is 0 Å². The van der Waals surface area contributed by atoms with E-state index in [4.69, 9.17) is 16.6 Å². The Bertz CT molecular complexity index is 889. The number of carbonyl (C=O) groups excluding carboxylic acids is 1. The number of hydrogen-bond donors (Lipinski definition) is 3. The fraction of sp³-hybridized carbons (Fsp3) is 0. The largest absolute Gasteiger partial charge is 0.465 e. The molecule has 0 bridgehead atoms. The Morgan fingerprint density at radius 2 is 1.58 bits per heavy atom. The summed E-state index contributed by atoms with van der Waals surface area (Å²) in [7, 11) is 0. The van der Waals surface area contributed by atoms with E-state index < -0.39 is 0 Å². The van der Waals surface area contributed by atoms with E-state index in [0.717, 1.165) is 17.1 Å². The van der Waals surface area contributed by atoms with E-state index in [1.165, 1.54) is 6.08 Å². The molecule has 0 fully saturated rings. The number of rotatable bonds is 5. The highest BCUT2D eigenvalue weighted by Gasteiger charge is 2.02. The van der Waals surface area contributed by atoms with E-state index in [1.54, 1.807) is 24.5 Å². The number of carbonyl (C=O) groups is 1. The standard InChI is InChI=1S/C20H17N3O2S/c24-19(13-12-18-7-4-14-25-18)23-20(26)22-17-10-8-16(9-11-17)21-15-5-2-1-3-6-15/h1-14,21H,(H2,22,23,24,26)/b13-12+. The molecule has 0 saturated heterocycles. The fourth-order valence-corrected chi connectivity index (χ4v) is 2.40. The molecule has 5 nitrogen and oxygen atoms in total. The van der Waals surface area contributed by atoms with Gasteiger partial charge in [-0.1, -0.05) is 18.2 Å². The lowest BCUT2D eigenvalue weighted by atomic mass is 10.2. The summed E-state index contributed by atoms with van der Waals surface area (Å²) < 4.78 is 5.12. The molecule has 3 aromatic rings. The van der Waals surface area contributed by atoms with Crippen molar-refractivity contribution in [1.29, 1.82) is 0 Å². The van der Waals surface area contributed by atoms with Crippen LogP contribution in [0.5, 0.6) is 0 Å². The molecule has 1 heterocycles. The zero-order valence-corrected chi connectivity index (χ0v) is 14.6. The molecule has 2 aromatic carbocycles. The molecule has 0 unspecified atom stereocenters. The van der Waals surface area contributed by atoms with E-state index in [9.17, 15) is 4.79 Å². The van der Waals surface area contributed by atoms with E-state index in [1.807, 2.05) is 54.6 Å². The van der Waals surface area contributed by atoms with Crippen LogP contribution in [0.3, 0.4) is 0 Å². The lowest BCUT2D eigenvalue weighted by Gasteiger charge is -2.10. The first kappa shape index (κ1) is 17.4. The average molecular weight is 363 g/mol. The Morgan fingerprint density at radius 1 is 0.885 bits per heavy atom. The van der Waals surface area contributed by atoms with Crippen molar-refractivity contribution in [3.8, 4) is 0 Å². The third kappa shape index (κ3) is 5.32. The molecule has 1 amide bonds. The van der Waals surface area contributed by atoms with Crippen LogP contribution in [0.25, 0.3) is 6.08 Å². The number of furan rings is 1. The summed E-state index contributed by atoms with van der Waals surface area (Å²) in [6.07, 6.45) is 4.47. The van der Waals surface area contributed by atoms with Gasteiger partial charge in [-0.15, -0.1) is 0 Å². The van der Waals surface area contributed by atoms with Gasteiger partial charge in [0.15, 0.2) is 5.11 Å². The molecule has 0 saturated carbocycles. The molecule has 0 radical (unpaired) electrons. The van der Waals surface area contributed by atoms with E-state index in [-0.39, 0.29) is 11.0 Å². The van der Waals surface area contributed by atoms with Crippen LogP contribution in [-0.2, 0) is 4.79 Å². The first-order valence-electron chi connectivity index (χ1n) is 7.95. The van der Waals surface area contributed by atoms with Crippen LogP contribution < -0.4 is 16.0 Å². The van der Waals surface area contributed by atoms with Crippen molar-refractivity contribution in [2.24, 2.45) is 0 Å². The first-order valence-corrected chi connectivity index (χ1v) is 8.35. The van der Waals surface area contributed by atoms with Gasteiger partial charge in [0, 0.05) is 23.1 Å². The summed E-state index contributed by atoms with van der Waals surface area (Å²) in [5.74, 6) is 0.266. The Morgan fingerprint density at radius 3 is 2.27 bits per heavy atom. The van der Waals surface area contributed by atoms with Crippen molar-refractivity contribution < 1.29 is 9.21 Å². The molecular formula is C20H17N3O2S. The van der Waals surface area contributed by atoms with Crippen molar-refractivity contribution in [3.63, 3.8) is 0 Å². The lowest BCUT2D eigenvalue weighted by Crippen LogP contribution is -2.32. The number of anilines is 3. The number of nitrogens with one attached hydrogen (secondary N) is 3. The van der Waals surface area contributed by atoms with Gasteiger partial charge in [-0.05, 0) is 66.8 Å². The maximum absolute atomic E-state index is 11.8. The third-order valence-electron chi connectivity index (χ3n) is 3.38. The van der Waals surface area contributed by atoms with Crippen molar-refractivity contribution in [3.05, 3.63) is 84.8 Å². The molecule has 1 aromatic heterocycles. The summed E-state index contributed by atoms with van der Waals surface area (Å²) in [6, 6.07) is 21.0. The second-order valence-electron chi connectivity index (χ2n) is 5.36. The molecule has 3 rings (SSSR count). The van der Waals surface area contributed by atoms with Gasteiger partial charge < -0.3 is 15.1 Å². The first-order chi connectivity index (χ1) is 12.7. The van der Waals surface area contributed by atoms with E-state index >= 15 is 0 Å². The second-order valence-corrected chi connectivity index (χ2v) is 5.77. The van der Waals surface area contributed by atoms with Crippen molar-refractivity contribution >= 4 is 46.4 Å². The number of hydrogen-bond acceptors (Lipinski definition) is 4. The predicted octanol–water partition coefficient (Wildman–Crippen LogP) is 4.55. The average Bonchev–Trinajstić information content (AvgIpc) is 3.16. The Balaban J connectivity index is 1.50. The van der Waals surface area contributed by atoms with Crippen LogP contribution in [0.15, 0.2) is 83.5 Å². The van der Waals surface area contributed by atoms with Crippen molar-refractivity contribution in [2.45, 2.75) is 0 Å². The normalized spacial score (nSPS) is 10.5. The fourth-order valence-electron chi connectivity index (χ4n) is 2.18. The highest BCUT2D eigenvalue weighted by Crippen LogP contribution is 2.18. The minimum Gasteiger partial charge on any atom is -0.465 e. The lowest BCUT2D eigenvalue weighted by molar-refractivity contribution is -0.115. The van der Waals surface area contributed by atoms with Crippen LogP contribution in [0.4, 0.5) is 17.1 Å². The van der Waals surface area contributed by atoms with Crippen molar-refractivity contribution in [1.82, 2.24) is 5.32 Å². The minimum absolute atomic E-state index is 0.225. The summed E-state index contributed by atoms with van der Waals surface area (Å²) in [6.45, 7) is 0. The second kappa shape index (κ2) is 8.64. The smallest absolute Gasteiger partial charge is 0.250 e. The molecular weight excluding hydrogens is 346 g/mol. The molecule has 130 valence electrons. The van der Waals surface area contributed by atoms with E-state index in [2.05, 4.69) is 16.0 Å².